The monoisotopic (exact) mass is 312 g/mol. The lowest BCUT2D eigenvalue weighted by atomic mass is 10.4. The minimum Gasteiger partial charge on any atom is -0.372 e. The van der Waals surface area contributed by atoms with Crippen molar-refractivity contribution in [3.8, 4) is 0 Å². The van der Waals surface area contributed by atoms with Crippen LogP contribution in [0, 0.1) is 6.92 Å². The van der Waals surface area contributed by atoms with E-state index < -0.39 is 10.0 Å². The number of rotatable bonds is 4. The van der Waals surface area contributed by atoms with Crippen LogP contribution in [0.4, 0.5) is 11.6 Å². The molecule has 2 rings (SSSR count). The molecule has 0 aliphatic rings. The summed E-state index contributed by atoms with van der Waals surface area (Å²) in [6, 6.07) is 6.40. The molecule has 0 saturated carbocycles. The third-order valence-corrected chi connectivity index (χ3v) is 4.10. The van der Waals surface area contributed by atoms with Gasteiger partial charge in [-0.15, -0.1) is 0 Å². The molecular weight excluding hydrogens is 300 g/mol. The van der Waals surface area contributed by atoms with Gasteiger partial charge in [0.1, 0.15) is 16.5 Å². The number of anilines is 2. The Balaban J connectivity index is 2.33. The minimum absolute atomic E-state index is 0.0233. The Hall–Kier alpha value is -1.86. The first-order valence-corrected chi connectivity index (χ1v) is 7.58. The zero-order valence-corrected chi connectivity index (χ0v) is 12.5. The molecule has 0 radical (unpaired) electrons. The van der Waals surface area contributed by atoms with E-state index in [0.29, 0.717) is 11.5 Å². The lowest BCUT2D eigenvalue weighted by Gasteiger charge is -2.09. The Kier molecular flexibility index (Phi) is 4.10. The van der Waals surface area contributed by atoms with Crippen LogP contribution in [0.1, 0.15) is 5.69 Å². The minimum atomic E-state index is -3.76. The van der Waals surface area contributed by atoms with Crippen LogP contribution in [0.25, 0.3) is 0 Å². The van der Waals surface area contributed by atoms with Crippen LogP contribution in [-0.4, -0.2) is 25.4 Å². The topological polar surface area (TPSA) is 84.0 Å². The SMILES string of the molecule is CNc1ncc(S(=O)(=O)Nc2cccc(C)n2)cc1Cl. The molecule has 2 heterocycles. The van der Waals surface area contributed by atoms with Gasteiger partial charge in [-0.3, -0.25) is 4.72 Å². The van der Waals surface area contributed by atoms with E-state index >= 15 is 0 Å². The Morgan fingerprint density at radius 2 is 2.05 bits per heavy atom. The standard InChI is InChI=1S/C12H13ClN4O2S/c1-8-4-3-5-11(16-8)17-20(18,19)9-6-10(13)12(14-2)15-7-9/h3-7H,1-2H3,(H,14,15)(H,16,17). The van der Waals surface area contributed by atoms with Crippen molar-refractivity contribution >= 4 is 33.3 Å². The van der Waals surface area contributed by atoms with Crippen molar-refractivity contribution in [2.45, 2.75) is 11.8 Å². The number of aryl methyl sites for hydroxylation is 1. The molecule has 0 aromatic carbocycles. The van der Waals surface area contributed by atoms with Crippen LogP contribution in [0.5, 0.6) is 0 Å². The Morgan fingerprint density at radius 3 is 2.65 bits per heavy atom. The van der Waals surface area contributed by atoms with E-state index in [0.717, 1.165) is 0 Å². The highest BCUT2D eigenvalue weighted by molar-refractivity contribution is 7.92. The number of hydrogen-bond acceptors (Lipinski definition) is 5. The van der Waals surface area contributed by atoms with E-state index in [1.807, 2.05) is 0 Å². The van der Waals surface area contributed by atoms with Gasteiger partial charge in [-0.25, -0.2) is 18.4 Å². The van der Waals surface area contributed by atoms with Gasteiger partial charge in [0.05, 0.1) is 5.02 Å². The van der Waals surface area contributed by atoms with E-state index in [4.69, 9.17) is 11.6 Å². The fourth-order valence-corrected chi connectivity index (χ4v) is 2.84. The second-order valence-corrected chi connectivity index (χ2v) is 6.11. The normalized spacial score (nSPS) is 11.2. The molecule has 0 unspecified atom stereocenters. The predicted octanol–water partition coefficient (Wildman–Crippen LogP) is 2.28. The molecule has 2 aromatic heterocycles. The Labute approximate surface area is 122 Å². The van der Waals surface area contributed by atoms with Gasteiger partial charge < -0.3 is 5.32 Å². The van der Waals surface area contributed by atoms with E-state index in [9.17, 15) is 8.42 Å². The first kappa shape index (κ1) is 14.5. The van der Waals surface area contributed by atoms with Gasteiger partial charge in [0.2, 0.25) is 0 Å². The average molecular weight is 313 g/mol. The van der Waals surface area contributed by atoms with Crippen LogP contribution < -0.4 is 10.0 Å². The maximum atomic E-state index is 12.2. The lowest BCUT2D eigenvalue weighted by Crippen LogP contribution is -2.14. The summed E-state index contributed by atoms with van der Waals surface area (Å²) in [5.74, 6) is 0.665. The van der Waals surface area contributed by atoms with Crippen molar-refractivity contribution in [2.75, 3.05) is 17.1 Å². The van der Waals surface area contributed by atoms with Crippen LogP contribution in [0.15, 0.2) is 35.4 Å². The summed E-state index contributed by atoms with van der Waals surface area (Å²) in [5, 5.41) is 2.99. The van der Waals surface area contributed by atoms with E-state index in [-0.39, 0.29) is 15.7 Å². The quantitative estimate of drug-likeness (QED) is 0.905. The summed E-state index contributed by atoms with van der Waals surface area (Å²) < 4.78 is 26.8. The summed E-state index contributed by atoms with van der Waals surface area (Å²) >= 11 is 5.93. The van der Waals surface area contributed by atoms with Crippen LogP contribution in [0.2, 0.25) is 5.02 Å². The molecular formula is C12H13ClN4O2S. The third-order valence-electron chi connectivity index (χ3n) is 2.49. The number of nitrogens with zero attached hydrogens (tertiary/aromatic N) is 2. The highest BCUT2D eigenvalue weighted by atomic mass is 35.5. The fraction of sp³-hybridized carbons (Fsp3) is 0.167. The van der Waals surface area contributed by atoms with Gasteiger partial charge in [0.15, 0.2) is 0 Å². The highest BCUT2D eigenvalue weighted by Crippen LogP contribution is 2.23. The second kappa shape index (κ2) is 5.64. The summed E-state index contributed by atoms with van der Waals surface area (Å²) in [5.41, 5.74) is 0.715. The number of pyridine rings is 2. The van der Waals surface area contributed by atoms with Crippen molar-refractivity contribution in [3.05, 3.63) is 41.2 Å². The van der Waals surface area contributed by atoms with Gasteiger partial charge in [0.25, 0.3) is 10.0 Å². The van der Waals surface area contributed by atoms with Gasteiger partial charge in [0, 0.05) is 18.9 Å². The Bertz CT molecular complexity index is 734. The number of hydrogen-bond donors (Lipinski definition) is 2. The van der Waals surface area contributed by atoms with E-state index in [1.165, 1.54) is 12.3 Å². The molecule has 0 spiro atoms. The van der Waals surface area contributed by atoms with E-state index in [2.05, 4.69) is 20.0 Å². The number of aromatic nitrogens is 2. The number of nitrogens with one attached hydrogen (secondary N) is 2. The van der Waals surface area contributed by atoms with Crippen LogP contribution in [-0.2, 0) is 10.0 Å². The summed E-state index contributed by atoms with van der Waals surface area (Å²) in [6.07, 6.45) is 1.23. The highest BCUT2D eigenvalue weighted by Gasteiger charge is 2.17. The van der Waals surface area contributed by atoms with Crippen molar-refractivity contribution in [3.63, 3.8) is 0 Å². The maximum Gasteiger partial charge on any atom is 0.264 e. The molecule has 0 bridgehead atoms. The van der Waals surface area contributed by atoms with Crippen molar-refractivity contribution < 1.29 is 8.42 Å². The molecule has 6 nitrogen and oxygen atoms in total. The van der Waals surface area contributed by atoms with Gasteiger partial charge in [-0.05, 0) is 25.1 Å². The number of halogens is 1. The smallest absolute Gasteiger partial charge is 0.264 e. The zero-order chi connectivity index (χ0) is 14.8. The maximum absolute atomic E-state index is 12.2. The fourth-order valence-electron chi connectivity index (χ4n) is 1.55. The van der Waals surface area contributed by atoms with Crippen LogP contribution >= 0.6 is 11.6 Å². The molecule has 0 fully saturated rings. The summed E-state index contributed by atoms with van der Waals surface area (Å²) in [7, 11) is -2.11. The van der Waals surface area contributed by atoms with Crippen LogP contribution in [0.3, 0.4) is 0 Å². The first-order chi connectivity index (χ1) is 9.42. The van der Waals surface area contributed by atoms with Gasteiger partial charge in [-0.1, -0.05) is 17.7 Å². The Morgan fingerprint density at radius 1 is 1.30 bits per heavy atom. The molecule has 20 heavy (non-hydrogen) atoms. The molecule has 0 aliphatic heterocycles. The molecule has 0 saturated heterocycles. The summed E-state index contributed by atoms with van der Waals surface area (Å²) in [4.78, 5) is 8.00. The van der Waals surface area contributed by atoms with Crippen molar-refractivity contribution in [1.29, 1.82) is 0 Å². The van der Waals surface area contributed by atoms with Gasteiger partial charge >= 0.3 is 0 Å². The van der Waals surface area contributed by atoms with Gasteiger partial charge in [-0.2, -0.15) is 0 Å². The molecule has 2 N–H and O–H groups in total. The van der Waals surface area contributed by atoms with Crippen molar-refractivity contribution in [2.24, 2.45) is 0 Å². The van der Waals surface area contributed by atoms with Crippen molar-refractivity contribution in [1.82, 2.24) is 9.97 Å². The molecule has 0 amide bonds. The summed E-state index contributed by atoms with van der Waals surface area (Å²) in [6.45, 7) is 1.78. The third kappa shape index (κ3) is 3.17. The second-order valence-electron chi connectivity index (χ2n) is 4.02. The lowest BCUT2D eigenvalue weighted by molar-refractivity contribution is 0.600. The molecule has 0 atom stereocenters. The average Bonchev–Trinajstić information content (AvgIpc) is 2.38. The zero-order valence-electron chi connectivity index (χ0n) is 10.9. The molecule has 106 valence electrons. The molecule has 2 aromatic rings. The molecule has 8 heteroatoms. The first-order valence-electron chi connectivity index (χ1n) is 5.72. The molecule has 0 aliphatic carbocycles. The largest absolute Gasteiger partial charge is 0.372 e. The number of sulfonamides is 1. The van der Waals surface area contributed by atoms with E-state index in [1.54, 1.807) is 32.2 Å². The predicted molar refractivity (Wildman–Crippen MR) is 78.6 cm³/mol.